The minimum atomic E-state index is 0.111. The van der Waals surface area contributed by atoms with Crippen molar-refractivity contribution in [1.82, 2.24) is 15.0 Å². The summed E-state index contributed by atoms with van der Waals surface area (Å²) in [6, 6.07) is 23.6. The first-order chi connectivity index (χ1) is 13.7. The third kappa shape index (κ3) is 4.57. The monoisotopic (exact) mass is 409 g/mol. The van der Waals surface area contributed by atoms with E-state index in [0.29, 0.717) is 27.4 Å². The van der Waals surface area contributed by atoms with Gasteiger partial charge < -0.3 is 9.47 Å². The number of aromatic nitrogens is 3. The van der Waals surface area contributed by atoms with E-state index < -0.39 is 0 Å². The molecule has 0 aliphatic heterocycles. The van der Waals surface area contributed by atoms with E-state index in [1.807, 2.05) is 30.3 Å². The maximum Gasteiger partial charge on any atom is 0.328 e. The number of rotatable bonds is 5. The quantitative estimate of drug-likeness (QED) is 0.380. The maximum absolute atomic E-state index is 5.92. The fraction of sp³-hybridized carbons (Fsp3) is 0. The average molecular weight is 410 g/mol. The van der Waals surface area contributed by atoms with Gasteiger partial charge >= 0.3 is 12.0 Å². The molecule has 4 aromatic rings. The molecule has 0 aliphatic carbocycles. The van der Waals surface area contributed by atoms with Gasteiger partial charge in [-0.2, -0.15) is 9.97 Å². The van der Waals surface area contributed by atoms with Gasteiger partial charge in [-0.15, -0.1) is 4.98 Å². The summed E-state index contributed by atoms with van der Waals surface area (Å²) in [5.74, 6) is 1.53. The van der Waals surface area contributed by atoms with Gasteiger partial charge in [0, 0.05) is 15.6 Å². The lowest BCUT2D eigenvalue weighted by Crippen LogP contribution is -2.00. The van der Waals surface area contributed by atoms with E-state index in [-0.39, 0.29) is 12.0 Å². The van der Waals surface area contributed by atoms with E-state index in [0.717, 1.165) is 5.56 Å². The van der Waals surface area contributed by atoms with E-state index in [1.54, 1.807) is 48.5 Å². The topological polar surface area (TPSA) is 57.1 Å². The predicted octanol–water partition coefficient (Wildman–Crippen LogP) is 6.43. The summed E-state index contributed by atoms with van der Waals surface area (Å²) in [6.45, 7) is 0. The SMILES string of the molecule is Clc1ccc(Oc2nc(Oc3ccc(Cl)cc3)nc(-c3ccccc3)n2)cc1. The molecule has 0 fully saturated rings. The molecular weight excluding hydrogens is 397 g/mol. The number of benzene rings is 3. The van der Waals surface area contributed by atoms with Crippen LogP contribution in [0.3, 0.4) is 0 Å². The summed E-state index contributed by atoms with van der Waals surface area (Å²) in [6.07, 6.45) is 0. The molecule has 0 radical (unpaired) electrons. The van der Waals surface area contributed by atoms with Crippen LogP contribution in [0.1, 0.15) is 0 Å². The first kappa shape index (κ1) is 18.2. The van der Waals surface area contributed by atoms with Gasteiger partial charge in [-0.25, -0.2) is 0 Å². The minimum Gasteiger partial charge on any atom is -0.424 e. The molecule has 0 atom stereocenters. The van der Waals surface area contributed by atoms with Gasteiger partial charge in [0.2, 0.25) is 0 Å². The zero-order valence-corrected chi connectivity index (χ0v) is 15.9. The number of hydrogen-bond donors (Lipinski definition) is 0. The van der Waals surface area contributed by atoms with Crippen LogP contribution in [0.5, 0.6) is 23.5 Å². The minimum absolute atomic E-state index is 0.111. The number of halogens is 2. The van der Waals surface area contributed by atoms with Crippen molar-refractivity contribution in [3.05, 3.63) is 88.9 Å². The van der Waals surface area contributed by atoms with Gasteiger partial charge in [0.1, 0.15) is 11.5 Å². The van der Waals surface area contributed by atoms with Crippen LogP contribution >= 0.6 is 23.2 Å². The van der Waals surface area contributed by atoms with Crippen LogP contribution in [0, 0.1) is 0 Å². The molecule has 5 nitrogen and oxygen atoms in total. The highest BCUT2D eigenvalue weighted by Crippen LogP contribution is 2.27. The van der Waals surface area contributed by atoms with E-state index in [2.05, 4.69) is 15.0 Å². The lowest BCUT2D eigenvalue weighted by atomic mass is 10.2. The molecule has 0 saturated heterocycles. The Balaban J connectivity index is 1.70. The molecule has 3 aromatic carbocycles. The molecule has 1 aromatic heterocycles. The van der Waals surface area contributed by atoms with Crippen LogP contribution in [-0.4, -0.2) is 15.0 Å². The molecular formula is C21H13Cl2N3O2. The lowest BCUT2D eigenvalue weighted by Gasteiger charge is -2.09. The van der Waals surface area contributed by atoms with Crippen LogP contribution in [0.2, 0.25) is 10.0 Å². The van der Waals surface area contributed by atoms with Gasteiger partial charge in [0.05, 0.1) is 0 Å². The van der Waals surface area contributed by atoms with Crippen LogP contribution in [0.15, 0.2) is 78.9 Å². The molecule has 0 saturated carbocycles. The molecule has 4 rings (SSSR count). The Morgan fingerprint density at radius 3 is 1.46 bits per heavy atom. The van der Waals surface area contributed by atoms with E-state index in [4.69, 9.17) is 32.7 Å². The van der Waals surface area contributed by atoms with Crippen LogP contribution < -0.4 is 9.47 Å². The first-order valence-electron chi connectivity index (χ1n) is 8.34. The summed E-state index contributed by atoms with van der Waals surface area (Å²) < 4.78 is 11.5. The summed E-state index contributed by atoms with van der Waals surface area (Å²) in [5.41, 5.74) is 0.812. The fourth-order valence-electron chi connectivity index (χ4n) is 2.36. The summed E-state index contributed by atoms with van der Waals surface area (Å²) in [5, 5.41) is 1.22. The number of nitrogens with zero attached hydrogens (tertiary/aromatic N) is 3. The van der Waals surface area contributed by atoms with Crippen molar-refractivity contribution < 1.29 is 9.47 Å². The van der Waals surface area contributed by atoms with Crippen molar-refractivity contribution in [3.8, 4) is 34.9 Å². The zero-order valence-electron chi connectivity index (χ0n) is 14.4. The van der Waals surface area contributed by atoms with Gasteiger partial charge in [0.15, 0.2) is 5.82 Å². The Morgan fingerprint density at radius 2 is 1.00 bits per heavy atom. The van der Waals surface area contributed by atoms with Crippen molar-refractivity contribution >= 4 is 23.2 Å². The smallest absolute Gasteiger partial charge is 0.328 e. The summed E-state index contributed by atoms with van der Waals surface area (Å²) in [7, 11) is 0. The Kier molecular flexibility index (Phi) is 5.37. The highest BCUT2D eigenvalue weighted by Gasteiger charge is 2.12. The predicted molar refractivity (Wildman–Crippen MR) is 108 cm³/mol. The Morgan fingerprint density at radius 1 is 0.536 bits per heavy atom. The molecule has 0 spiro atoms. The molecule has 28 heavy (non-hydrogen) atoms. The van der Waals surface area contributed by atoms with Crippen LogP contribution in [-0.2, 0) is 0 Å². The molecule has 0 amide bonds. The molecule has 1 heterocycles. The average Bonchev–Trinajstić information content (AvgIpc) is 2.72. The lowest BCUT2D eigenvalue weighted by molar-refractivity contribution is 0.398. The fourth-order valence-corrected chi connectivity index (χ4v) is 2.61. The van der Waals surface area contributed by atoms with E-state index in [1.165, 1.54) is 0 Å². The van der Waals surface area contributed by atoms with E-state index in [9.17, 15) is 0 Å². The van der Waals surface area contributed by atoms with Crippen molar-refractivity contribution in [1.29, 1.82) is 0 Å². The second-order valence-electron chi connectivity index (χ2n) is 5.70. The van der Waals surface area contributed by atoms with Gasteiger partial charge in [-0.1, -0.05) is 53.5 Å². The first-order valence-corrected chi connectivity index (χ1v) is 9.10. The van der Waals surface area contributed by atoms with E-state index >= 15 is 0 Å². The zero-order chi connectivity index (χ0) is 19.3. The molecule has 0 unspecified atom stereocenters. The third-order valence-corrected chi connectivity index (χ3v) is 4.18. The molecule has 0 bridgehead atoms. The summed E-state index contributed by atoms with van der Waals surface area (Å²) >= 11 is 11.8. The van der Waals surface area contributed by atoms with Crippen molar-refractivity contribution in [3.63, 3.8) is 0 Å². The standard InChI is InChI=1S/C21H13Cl2N3O2/c22-15-6-10-17(11-7-15)27-20-24-19(14-4-2-1-3-5-14)25-21(26-20)28-18-12-8-16(23)9-13-18/h1-13H. The van der Waals surface area contributed by atoms with Crippen molar-refractivity contribution in [2.75, 3.05) is 0 Å². The molecule has 7 heteroatoms. The maximum atomic E-state index is 5.92. The Labute approximate surface area is 171 Å². The second kappa shape index (κ2) is 8.25. The molecule has 138 valence electrons. The van der Waals surface area contributed by atoms with Gasteiger partial charge in [0.25, 0.3) is 0 Å². The Hall–Kier alpha value is -3.15. The summed E-state index contributed by atoms with van der Waals surface area (Å²) in [4.78, 5) is 13.1. The molecule has 0 aliphatic rings. The highest BCUT2D eigenvalue weighted by molar-refractivity contribution is 6.30. The third-order valence-electron chi connectivity index (χ3n) is 3.67. The number of ether oxygens (including phenoxy) is 2. The van der Waals surface area contributed by atoms with Crippen LogP contribution in [0.25, 0.3) is 11.4 Å². The van der Waals surface area contributed by atoms with Crippen LogP contribution in [0.4, 0.5) is 0 Å². The van der Waals surface area contributed by atoms with Gasteiger partial charge in [-0.3, -0.25) is 0 Å². The Bertz CT molecular complexity index is 1010. The van der Waals surface area contributed by atoms with Crippen molar-refractivity contribution in [2.45, 2.75) is 0 Å². The number of hydrogen-bond acceptors (Lipinski definition) is 5. The molecule has 0 N–H and O–H groups in total. The van der Waals surface area contributed by atoms with Gasteiger partial charge in [-0.05, 0) is 48.5 Å². The second-order valence-corrected chi connectivity index (χ2v) is 6.58. The van der Waals surface area contributed by atoms with Crippen molar-refractivity contribution in [2.24, 2.45) is 0 Å². The normalized spacial score (nSPS) is 10.5. The highest BCUT2D eigenvalue weighted by atomic mass is 35.5. The largest absolute Gasteiger partial charge is 0.424 e.